The second-order valence-electron chi connectivity index (χ2n) is 14.2. The molecule has 0 saturated heterocycles. The minimum absolute atomic E-state index is 0.00505. The summed E-state index contributed by atoms with van der Waals surface area (Å²) in [5, 5.41) is 14.5. The molecule has 3 N–H and O–H groups in total. The molecule has 2 heterocycles. The molecule has 6 rings (SSSR count). The van der Waals surface area contributed by atoms with Crippen LogP contribution in [0.15, 0.2) is 89.9 Å². The Hall–Kier alpha value is -4.56. The fraction of sp³-hybridized carbons (Fsp3) is 0.442. The minimum atomic E-state index is -0.448. The summed E-state index contributed by atoms with van der Waals surface area (Å²) in [6.07, 6.45) is 18.2. The van der Waals surface area contributed by atoms with Gasteiger partial charge in [-0.2, -0.15) is 0 Å². The van der Waals surface area contributed by atoms with Crippen molar-refractivity contribution in [2.45, 2.75) is 89.1 Å². The summed E-state index contributed by atoms with van der Waals surface area (Å²) < 4.78 is 12.2. The van der Waals surface area contributed by atoms with Crippen molar-refractivity contribution in [1.29, 1.82) is 0 Å². The molecule has 1 aliphatic heterocycles. The molecule has 0 radical (unpaired) electrons. The lowest BCUT2D eigenvalue weighted by Crippen LogP contribution is -2.37. The summed E-state index contributed by atoms with van der Waals surface area (Å²) in [5.74, 6) is 1.37. The van der Waals surface area contributed by atoms with Gasteiger partial charge < -0.3 is 29.8 Å². The second-order valence-corrected chi connectivity index (χ2v) is 14.2. The molecule has 8 heteroatoms. The topological polar surface area (TPSA) is 104 Å². The van der Waals surface area contributed by atoms with Crippen molar-refractivity contribution in [1.82, 2.24) is 15.2 Å². The highest BCUT2D eigenvalue weighted by atomic mass is 16.5. The fourth-order valence-electron chi connectivity index (χ4n) is 7.40. The van der Waals surface area contributed by atoms with Gasteiger partial charge in [-0.05, 0) is 100.0 Å². The highest BCUT2D eigenvalue weighted by molar-refractivity contribution is 5.87. The van der Waals surface area contributed by atoms with Gasteiger partial charge in [-0.25, -0.2) is 0 Å². The lowest BCUT2D eigenvalue weighted by molar-refractivity contribution is -0.159. The van der Waals surface area contributed by atoms with Crippen molar-refractivity contribution in [3.05, 3.63) is 112 Å². The number of fused-ring (bicyclic) bond motifs is 3. The Morgan fingerprint density at radius 2 is 1.61 bits per heavy atom. The van der Waals surface area contributed by atoms with Crippen molar-refractivity contribution in [3.63, 3.8) is 0 Å². The molecule has 4 aromatic rings. The van der Waals surface area contributed by atoms with Gasteiger partial charge in [0.25, 0.3) is 0 Å². The van der Waals surface area contributed by atoms with Crippen LogP contribution in [0.3, 0.4) is 0 Å². The monoisotopic (exact) mass is 691 g/mol. The highest BCUT2D eigenvalue weighted by Crippen LogP contribution is 2.45. The third-order valence-corrected chi connectivity index (χ3v) is 10.5. The number of nitrogens with one attached hydrogen (secondary N) is 2. The van der Waals surface area contributed by atoms with Crippen LogP contribution in [0.2, 0.25) is 0 Å². The highest BCUT2D eigenvalue weighted by Gasteiger charge is 2.39. The number of para-hydroxylation sites is 2. The third kappa shape index (κ3) is 9.61. The molecular formula is C43H53N3O5. The molecule has 3 aromatic carbocycles. The number of hydrogen-bond donors (Lipinski definition) is 3. The number of carbonyl (C=O) groups is 1. The molecule has 0 spiro atoms. The van der Waals surface area contributed by atoms with Crippen LogP contribution in [-0.2, 0) is 16.0 Å². The number of aromatic hydroxyl groups is 1. The number of aromatic amines is 1. The molecule has 0 bridgehead atoms. The number of benzene rings is 3. The number of phenolic OH excluding ortho intramolecular Hbond substituents is 1. The Morgan fingerprint density at radius 1 is 0.902 bits per heavy atom. The number of rotatable bonds is 19. The molecule has 2 aliphatic rings. The molecule has 2 atom stereocenters. The summed E-state index contributed by atoms with van der Waals surface area (Å²) in [6.45, 7) is 2.96. The maximum absolute atomic E-state index is 13.5. The molecule has 1 fully saturated rings. The molecule has 1 aliphatic carbocycles. The van der Waals surface area contributed by atoms with Crippen molar-refractivity contribution >= 4 is 16.9 Å². The zero-order chi connectivity index (χ0) is 35.4. The number of nitrogens with zero attached hydrogens (tertiary/aromatic N) is 1. The first-order chi connectivity index (χ1) is 25.0. The number of unbranched alkanes of at least 4 members (excludes halogenated alkanes) is 6. The predicted molar refractivity (Wildman–Crippen MR) is 204 cm³/mol. The molecule has 2 unspecified atom stereocenters. The lowest BCUT2D eigenvalue weighted by atomic mass is 9.78. The smallest absolute Gasteiger partial charge is 0.318 e. The zero-order valence-electron chi connectivity index (χ0n) is 29.9. The summed E-state index contributed by atoms with van der Waals surface area (Å²) in [6, 6.07) is 22.4. The maximum Gasteiger partial charge on any atom is 0.318 e. The largest absolute Gasteiger partial charge is 0.506 e. The zero-order valence-corrected chi connectivity index (χ0v) is 29.9. The molecule has 1 aromatic heterocycles. The van der Waals surface area contributed by atoms with E-state index in [2.05, 4.69) is 34.5 Å². The van der Waals surface area contributed by atoms with Crippen LogP contribution in [-0.4, -0.2) is 53.7 Å². The first kappa shape index (κ1) is 36.2. The normalized spacial score (nSPS) is 16.7. The number of pyridine rings is 1. The SMILES string of the molecule is CN(/C=C\CCC1CCC1OC(=O)C1c2ccccc2Oc2ccccc21)CCCCCCCCCNCCc1ccc(O)c2[nH]c(=O)ccc12. The van der Waals surface area contributed by atoms with Gasteiger partial charge in [-0.1, -0.05) is 80.6 Å². The van der Waals surface area contributed by atoms with Gasteiger partial charge in [0, 0.05) is 36.2 Å². The average molecular weight is 692 g/mol. The van der Waals surface area contributed by atoms with E-state index in [9.17, 15) is 14.7 Å². The van der Waals surface area contributed by atoms with Gasteiger partial charge in [0.15, 0.2) is 0 Å². The van der Waals surface area contributed by atoms with E-state index in [4.69, 9.17) is 9.47 Å². The number of ether oxygens (including phenoxy) is 2. The number of carbonyl (C=O) groups excluding carboxylic acids is 1. The number of phenols is 1. The van der Waals surface area contributed by atoms with E-state index >= 15 is 0 Å². The standard InChI is InChI=1S/C43H53N3O5/c1-46(29-13-6-4-2-3-5-12-27-44-28-26-31-20-23-36(47)42-33(31)22-25-40(48)45-42)30-14-11-15-32-21-24-37(32)51-43(49)41-34-16-7-9-18-38(34)50-39-19-10-8-17-35(39)41/h7-10,14,16-20,22-23,25,30,32,37,41,44,47H,2-6,11-13,15,21,24,26-29H2,1H3,(H,45,48)/b30-14-. The van der Waals surface area contributed by atoms with Crippen LogP contribution in [0.1, 0.15) is 93.2 Å². The van der Waals surface area contributed by atoms with Gasteiger partial charge in [-0.15, -0.1) is 0 Å². The summed E-state index contributed by atoms with van der Waals surface area (Å²) in [4.78, 5) is 30.2. The van der Waals surface area contributed by atoms with Crippen molar-refractivity contribution < 1.29 is 19.4 Å². The number of esters is 1. The summed E-state index contributed by atoms with van der Waals surface area (Å²) in [5.41, 5.74) is 3.20. The van der Waals surface area contributed by atoms with Gasteiger partial charge >= 0.3 is 5.97 Å². The summed E-state index contributed by atoms with van der Waals surface area (Å²) in [7, 11) is 2.16. The van der Waals surface area contributed by atoms with E-state index in [-0.39, 0.29) is 23.4 Å². The first-order valence-corrected chi connectivity index (χ1v) is 19.0. The Labute approximate surface area is 301 Å². The number of allylic oxidation sites excluding steroid dienone is 1. The summed E-state index contributed by atoms with van der Waals surface area (Å²) >= 11 is 0. The Morgan fingerprint density at radius 3 is 2.33 bits per heavy atom. The number of aromatic nitrogens is 1. The van der Waals surface area contributed by atoms with Crippen LogP contribution in [0.25, 0.3) is 10.9 Å². The Bertz CT molecular complexity index is 1790. The van der Waals surface area contributed by atoms with Crippen LogP contribution >= 0.6 is 0 Å². The fourth-order valence-corrected chi connectivity index (χ4v) is 7.40. The van der Waals surface area contributed by atoms with Crippen molar-refractivity contribution in [2.24, 2.45) is 5.92 Å². The molecule has 270 valence electrons. The Balaban J connectivity index is 0.783. The third-order valence-electron chi connectivity index (χ3n) is 10.5. The quantitative estimate of drug-likeness (QED) is 0.0669. The first-order valence-electron chi connectivity index (χ1n) is 19.0. The van der Waals surface area contributed by atoms with Gasteiger partial charge in [0.2, 0.25) is 5.56 Å². The van der Waals surface area contributed by atoms with E-state index in [1.807, 2.05) is 54.6 Å². The van der Waals surface area contributed by atoms with Crippen LogP contribution < -0.4 is 15.6 Å². The van der Waals surface area contributed by atoms with Crippen LogP contribution in [0.5, 0.6) is 17.2 Å². The van der Waals surface area contributed by atoms with E-state index in [0.717, 1.165) is 85.3 Å². The van der Waals surface area contributed by atoms with Gasteiger partial charge in [-0.3, -0.25) is 9.59 Å². The molecule has 8 nitrogen and oxygen atoms in total. The molecule has 51 heavy (non-hydrogen) atoms. The number of H-pyrrole nitrogens is 1. The van der Waals surface area contributed by atoms with E-state index in [1.54, 1.807) is 12.1 Å². The van der Waals surface area contributed by atoms with E-state index in [0.29, 0.717) is 11.4 Å². The minimum Gasteiger partial charge on any atom is -0.506 e. The van der Waals surface area contributed by atoms with Crippen LogP contribution in [0.4, 0.5) is 0 Å². The van der Waals surface area contributed by atoms with Crippen molar-refractivity contribution in [2.75, 3.05) is 26.7 Å². The molecular weight excluding hydrogens is 638 g/mol. The Kier molecular flexibility index (Phi) is 12.9. The van der Waals surface area contributed by atoms with E-state index < -0.39 is 5.92 Å². The molecule has 0 amide bonds. The average Bonchev–Trinajstić information content (AvgIpc) is 3.13. The second kappa shape index (κ2) is 18.1. The predicted octanol–water partition coefficient (Wildman–Crippen LogP) is 8.58. The van der Waals surface area contributed by atoms with Crippen LogP contribution in [0, 0.1) is 5.92 Å². The van der Waals surface area contributed by atoms with E-state index in [1.165, 1.54) is 51.0 Å². The van der Waals surface area contributed by atoms with Gasteiger partial charge in [0.1, 0.15) is 29.3 Å². The number of hydrogen-bond acceptors (Lipinski definition) is 7. The van der Waals surface area contributed by atoms with Gasteiger partial charge in [0.05, 0.1) is 5.52 Å². The maximum atomic E-state index is 13.5. The molecule has 1 saturated carbocycles. The van der Waals surface area contributed by atoms with Crippen molar-refractivity contribution in [3.8, 4) is 17.2 Å². The lowest BCUT2D eigenvalue weighted by Gasteiger charge is -2.37.